The third-order valence-electron chi connectivity index (χ3n) is 10.9. The molecular weight excluding hydrogens is 613 g/mol. The number of rotatable bonds is 24. The van der Waals surface area contributed by atoms with Gasteiger partial charge in [-0.2, -0.15) is 0 Å². The molecule has 274 valence electrons. The van der Waals surface area contributed by atoms with E-state index in [0.29, 0.717) is 0 Å². The van der Waals surface area contributed by atoms with Crippen LogP contribution in [0, 0.1) is 0 Å². The highest BCUT2D eigenvalue weighted by Crippen LogP contribution is 2.51. The van der Waals surface area contributed by atoms with E-state index >= 15 is 0 Å². The van der Waals surface area contributed by atoms with Crippen LogP contribution in [0.15, 0.2) is 54.6 Å². The lowest BCUT2D eigenvalue weighted by Gasteiger charge is -2.31. The third kappa shape index (κ3) is 10.5. The first-order valence-corrected chi connectivity index (χ1v) is 20.6. The second-order valence-electron chi connectivity index (χ2n) is 15.1. The Morgan fingerprint density at radius 2 is 0.960 bits per heavy atom. The average Bonchev–Trinajstić information content (AvgIpc) is 3.76. The van der Waals surface area contributed by atoms with Crippen molar-refractivity contribution in [3.05, 3.63) is 76.9 Å². The quantitative estimate of drug-likeness (QED) is 0.0753. The molecule has 0 atom stereocenters. The van der Waals surface area contributed by atoms with Crippen LogP contribution in [0.1, 0.15) is 152 Å². The molecular formula is C45H68N4O. The zero-order valence-corrected chi connectivity index (χ0v) is 32.0. The van der Waals surface area contributed by atoms with E-state index in [1.807, 2.05) is 0 Å². The Morgan fingerprint density at radius 1 is 0.520 bits per heavy atom. The van der Waals surface area contributed by atoms with E-state index < -0.39 is 0 Å². The van der Waals surface area contributed by atoms with Gasteiger partial charge < -0.3 is 15.4 Å². The van der Waals surface area contributed by atoms with Crippen molar-refractivity contribution >= 4 is 22.7 Å². The lowest BCUT2D eigenvalue weighted by Crippen LogP contribution is -2.20. The van der Waals surface area contributed by atoms with Gasteiger partial charge in [0.15, 0.2) is 0 Å². The predicted octanol–water partition coefficient (Wildman–Crippen LogP) is 12.4. The monoisotopic (exact) mass is 681 g/mol. The number of hydrogen-bond acceptors (Lipinski definition) is 5. The van der Waals surface area contributed by atoms with E-state index in [-0.39, 0.29) is 0 Å². The number of para-hydroxylation sites is 1. The molecule has 0 aliphatic carbocycles. The second kappa shape index (κ2) is 20.7. The van der Waals surface area contributed by atoms with Crippen molar-refractivity contribution in [3.63, 3.8) is 0 Å². The first-order chi connectivity index (χ1) is 24.6. The van der Waals surface area contributed by atoms with Crippen molar-refractivity contribution in [1.29, 1.82) is 0 Å². The molecule has 0 radical (unpaired) electrons. The molecule has 2 N–H and O–H groups in total. The van der Waals surface area contributed by atoms with Crippen molar-refractivity contribution < 1.29 is 4.74 Å². The maximum absolute atomic E-state index is 6.98. The van der Waals surface area contributed by atoms with Gasteiger partial charge in [0.1, 0.15) is 5.75 Å². The van der Waals surface area contributed by atoms with Gasteiger partial charge in [0.2, 0.25) is 0 Å². The molecule has 0 bridgehead atoms. The summed E-state index contributed by atoms with van der Waals surface area (Å²) in [6.07, 6.45) is 22.3. The van der Waals surface area contributed by atoms with Crippen molar-refractivity contribution in [2.75, 3.05) is 30.3 Å². The smallest absolute Gasteiger partial charge is 0.129 e. The molecule has 5 heteroatoms. The second-order valence-corrected chi connectivity index (χ2v) is 15.1. The topological polar surface area (TPSA) is 45.0 Å². The van der Waals surface area contributed by atoms with Crippen LogP contribution in [0.2, 0.25) is 0 Å². The van der Waals surface area contributed by atoms with Crippen molar-refractivity contribution in [3.8, 4) is 5.75 Å². The Labute approximate surface area is 305 Å². The Bertz CT molecular complexity index is 1350. The molecule has 50 heavy (non-hydrogen) atoms. The maximum Gasteiger partial charge on any atom is 0.129 e. The van der Waals surface area contributed by atoms with Crippen molar-refractivity contribution in [2.45, 2.75) is 156 Å². The van der Waals surface area contributed by atoms with Crippen molar-refractivity contribution in [2.24, 2.45) is 0 Å². The molecule has 5 nitrogen and oxygen atoms in total. The lowest BCUT2D eigenvalue weighted by atomic mass is 9.95. The highest BCUT2D eigenvalue weighted by molar-refractivity contribution is 5.84. The van der Waals surface area contributed by atoms with Gasteiger partial charge in [-0.1, -0.05) is 129 Å². The highest BCUT2D eigenvalue weighted by Gasteiger charge is 2.37. The summed E-state index contributed by atoms with van der Waals surface area (Å²) in [5, 5.41) is 0. The molecule has 2 aliphatic rings. The van der Waals surface area contributed by atoms with Crippen LogP contribution in [0.25, 0.3) is 0 Å². The fourth-order valence-corrected chi connectivity index (χ4v) is 8.08. The van der Waals surface area contributed by atoms with Crippen LogP contribution in [0.5, 0.6) is 5.75 Å². The van der Waals surface area contributed by atoms with Crippen LogP contribution in [-0.4, -0.2) is 29.5 Å². The van der Waals surface area contributed by atoms with Crippen LogP contribution in [-0.2, 0) is 26.2 Å². The molecule has 0 spiro atoms. The summed E-state index contributed by atoms with van der Waals surface area (Å²) in [5.74, 6) is 1.22. The molecule has 5 rings (SSSR count). The number of benzene rings is 3. The molecule has 0 saturated heterocycles. The predicted molar refractivity (Wildman–Crippen MR) is 215 cm³/mol. The molecule has 0 amide bonds. The number of fused-ring (bicyclic) bond motifs is 2. The summed E-state index contributed by atoms with van der Waals surface area (Å²) in [7, 11) is 0. The minimum atomic E-state index is 0.801. The summed E-state index contributed by atoms with van der Waals surface area (Å²) in [6.45, 7) is 14.0. The van der Waals surface area contributed by atoms with E-state index in [1.54, 1.807) is 0 Å². The SMILES string of the molecule is CCCCCCCCN1Cc2c(c(N(c3ccccc3)c3ccc(N)cc3)c3c(c2OCCCCCCC)CN(CCCCCCCC)C3)C1. The largest absolute Gasteiger partial charge is 0.493 e. The van der Waals surface area contributed by atoms with Gasteiger partial charge in [-0.15, -0.1) is 0 Å². The van der Waals surface area contributed by atoms with E-state index in [2.05, 4.69) is 90.1 Å². The summed E-state index contributed by atoms with van der Waals surface area (Å²) < 4.78 is 6.98. The number of unbranched alkanes of at least 4 members (excludes halogenated alkanes) is 14. The normalized spacial score (nSPS) is 14.3. The Kier molecular flexibility index (Phi) is 15.8. The van der Waals surface area contributed by atoms with Gasteiger partial charge in [-0.05, 0) is 79.9 Å². The maximum atomic E-state index is 6.98. The fourth-order valence-electron chi connectivity index (χ4n) is 8.08. The molecule has 0 unspecified atom stereocenters. The first kappa shape index (κ1) is 38.2. The first-order valence-electron chi connectivity index (χ1n) is 20.6. The Morgan fingerprint density at radius 3 is 1.48 bits per heavy atom. The third-order valence-corrected chi connectivity index (χ3v) is 10.9. The molecule has 0 aromatic heterocycles. The molecule has 3 aromatic carbocycles. The van der Waals surface area contributed by atoms with Crippen LogP contribution >= 0.6 is 0 Å². The minimum Gasteiger partial charge on any atom is -0.493 e. The fraction of sp³-hybridized carbons (Fsp3) is 0.600. The zero-order valence-electron chi connectivity index (χ0n) is 32.0. The van der Waals surface area contributed by atoms with E-state index in [9.17, 15) is 0 Å². The molecule has 2 aliphatic heterocycles. The number of hydrogen-bond donors (Lipinski definition) is 1. The molecule has 2 heterocycles. The van der Waals surface area contributed by atoms with Crippen LogP contribution in [0.4, 0.5) is 22.7 Å². The minimum absolute atomic E-state index is 0.801. The number of anilines is 4. The standard InChI is InChI=1S/C45H68N4O/c1-4-7-10-13-15-21-30-47-33-40-42(35-47)45(50-32-23-17-12-9-6-3)43-36-48(31-22-16-14-11-8-5-2)34-41(43)44(40)49(38-24-19-18-20-25-38)39-28-26-37(46)27-29-39/h18-20,24-29H,4-17,21-23,30-36,46H2,1-3H3. The average molecular weight is 681 g/mol. The van der Waals surface area contributed by atoms with Crippen LogP contribution in [0.3, 0.4) is 0 Å². The van der Waals surface area contributed by atoms with Gasteiger partial charge in [0.25, 0.3) is 0 Å². The van der Waals surface area contributed by atoms with Crippen LogP contribution < -0.4 is 15.4 Å². The molecule has 3 aromatic rings. The molecule has 0 fully saturated rings. The van der Waals surface area contributed by atoms with E-state index in [0.717, 1.165) is 58.0 Å². The number of nitrogens with zero attached hydrogens (tertiary/aromatic N) is 3. The summed E-state index contributed by atoms with van der Waals surface area (Å²) >= 11 is 0. The van der Waals surface area contributed by atoms with Gasteiger partial charge in [-0.3, -0.25) is 9.80 Å². The van der Waals surface area contributed by atoms with Gasteiger partial charge >= 0.3 is 0 Å². The van der Waals surface area contributed by atoms with E-state index in [4.69, 9.17) is 10.5 Å². The number of nitrogen functional groups attached to an aromatic ring is 1. The summed E-state index contributed by atoms with van der Waals surface area (Å²) in [6, 6.07) is 19.5. The van der Waals surface area contributed by atoms with E-state index in [1.165, 1.54) is 148 Å². The zero-order chi connectivity index (χ0) is 35.0. The Balaban J connectivity index is 1.51. The summed E-state index contributed by atoms with van der Waals surface area (Å²) in [4.78, 5) is 7.95. The van der Waals surface area contributed by atoms with Crippen molar-refractivity contribution in [1.82, 2.24) is 9.80 Å². The Hall–Kier alpha value is -3.02. The molecule has 0 saturated carbocycles. The summed E-state index contributed by atoms with van der Waals surface area (Å²) in [5.41, 5.74) is 16.6. The highest BCUT2D eigenvalue weighted by atomic mass is 16.5. The van der Waals surface area contributed by atoms with Gasteiger partial charge in [0.05, 0.1) is 12.3 Å². The lowest BCUT2D eigenvalue weighted by molar-refractivity contribution is 0.259. The number of ether oxygens (including phenoxy) is 1. The van der Waals surface area contributed by atoms with Gasteiger partial charge in [-0.25, -0.2) is 0 Å². The van der Waals surface area contributed by atoms with Gasteiger partial charge in [0, 0.05) is 54.4 Å². The number of nitrogens with two attached hydrogens (primary N) is 1.